The third-order valence-corrected chi connectivity index (χ3v) is 4.86. The molecule has 1 aromatic heterocycles. The maximum atomic E-state index is 14.3. The van der Waals surface area contributed by atoms with E-state index in [0.29, 0.717) is 18.7 Å². The van der Waals surface area contributed by atoms with E-state index in [1.807, 2.05) is 24.3 Å². The Labute approximate surface area is 162 Å². The van der Waals surface area contributed by atoms with E-state index >= 15 is 0 Å². The first kappa shape index (κ1) is 17.8. The summed E-state index contributed by atoms with van der Waals surface area (Å²) in [5.74, 6) is -0.787. The fourth-order valence-electron chi connectivity index (χ4n) is 3.54. The fraction of sp³-hybridized carbons (Fsp3) is 0.182. The SMILES string of the molecule is N#Cc1nccnc1-c1cc(F)cc(C(=O)N2CCCc3ccccc3C2)c1. The highest BCUT2D eigenvalue weighted by molar-refractivity contribution is 5.95. The second kappa shape index (κ2) is 7.57. The minimum absolute atomic E-state index is 0.0928. The summed E-state index contributed by atoms with van der Waals surface area (Å²) in [4.78, 5) is 23.0. The van der Waals surface area contributed by atoms with Gasteiger partial charge in [0.2, 0.25) is 0 Å². The van der Waals surface area contributed by atoms with E-state index in [-0.39, 0.29) is 22.9 Å². The van der Waals surface area contributed by atoms with Crippen molar-refractivity contribution >= 4 is 5.91 Å². The highest BCUT2D eigenvalue weighted by atomic mass is 19.1. The van der Waals surface area contributed by atoms with Crippen molar-refractivity contribution in [2.45, 2.75) is 19.4 Å². The van der Waals surface area contributed by atoms with Crippen molar-refractivity contribution in [2.75, 3.05) is 6.54 Å². The molecule has 0 saturated carbocycles. The molecule has 138 valence electrons. The fourth-order valence-corrected chi connectivity index (χ4v) is 3.54. The molecule has 0 saturated heterocycles. The first-order valence-electron chi connectivity index (χ1n) is 9.04. The summed E-state index contributed by atoms with van der Waals surface area (Å²) in [6.45, 7) is 1.10. The average Bonchev–Trinajstić information content (AvgIpc) is 2.95. The second-order valence-electron chi connectivity index (χ2n) is 6.69. The van der Waals surface area contributed by atoms with Gasteiger partial charge in [0.25, 0.3) is 5.91 Å². The van der Waals surface area contributed by atoms with Crippen LogP contribution in [0.4, 0.5) is 4.39 Å². The van der Waals surface area contributed by atoms with Gasteiger partial charge in [-0.15, -0.1) is 0 Å². The largest absolute Gasteiger partial charge is 0.334 e. The Hall–Kier alpha value is -3.59. The summed E-state index contributed by atoms with van der Waals surface area (Å²) in [5, 5.41) is 9.23. The zero-order chi connectivity index (χ0) is 19.5. The van der Waals surface area contributed by atoms with Gasteiger partial charge in [0, 0.05) is 36.6 Å². The van der Waals surface area contributed by atoms with Crippen LogP contribution in [0, 0.1) is 17.1 Å². The molecule has 0 atom stereocenters. The van der Waals surface area contributed by atoms with Gasteiger partial charge in [-0.25, -0.2) is 9.37 Å². The topological polar surface area (TPSA) is 69.9 Å². The number of fused-ring (bicyclic) bond motifs is 1. The van der Waals surface area contributed by atoms with Crippen molar-refractivity contribution in [3.63, 3.8) is 0 Å². The molecular weight excluding hydrogens is 355 g/mol. The summed E-state index contributed by atoms with van der Waals surface area (Å²) in [6.07, 6.45) is 4.61. The molecule has 0 aliphatic carbocycles. The van der Waals surface area contributed by atoms with Crippen LogP contribution >= 0.6 is 0 Å². The summed E-state index contributed by atoms with van der Waals surface area (Å²) in [5.41, 5.74) is 3.32. The second-order valence-corrected chi connectivity index (χ2v) is 6.69. The standard InChI is InChI=1S/C22H17FN4O/c23-19-11-17(21-20(13-24)25-7-8-26-21)10-18(12-19)22(28)27-9-3-6-15-4-1-2-5-16(15)14-27/h1-2,4-5,7-8,10-12H,3,6,9,14H2. The van der Waals surface area contributed by atoms with Crippen molar-refractivity contribution in [2.24, 2.45) is 0 Å². The van der Waals surface area contributed by atoms with Crippen LogP contribution in [0.5, 0.6) is 0 Å². The lowest BCUT2D eigenvalue weighted by Crippen LogP contribution is -2.30. The smallest absolute Gasteiger partial charge is 0.254 e. The van der Waals surface area contributed by atoms with Crippen LogP contribution in [-0.2, 0) is 13.0 Å². The Kier molecular flexibility index (Phi) is 4.81. The van der Waals surface area contributed by atoms with Gasteiger partial charge in [-0.05, 0) is 42.2 Å². The number of nitriles is 1. The highest BCUT2D eigenvalue weighted by Crippen LogP contribution is 2.25. The van der Waals surface area contributed by atoms with Crippen LogP contribution in [0.2, 0.25) is 0 Å². The maximum Gasteiger partial charge on any atom is 0.254 e. The van der Waals surface area contributed by atoms with E-state index in [1.165, 1.54) is 30.1 Å². The van der Waals surface area contributed by atoms with Crippen LogP contribution < -0.4 is 0 Å². The Morgan fingerprint density at radius 1 is 1.11 bits per heavy atom. The number of hydrogen-bond acceptors (Lipinski definition) is 4. The minimum atomic E-state index is -0.550. The molecule has 6 heteroatoms. The van der Waals surface area contributed by atoms with E-state index in [1.54, 1.807) is 11.0 Å². The van der Waals surface area contributed by atoms with E-state index < -0.39 is 5.82 Å². The Morgan fingerprint density at radius 3 is 2.71 bits per heavy atom. The number of nitrogens with zero attached hydrogens (tertiary/aromatic N) is 4. The van der Waals surface area contributed by atoms with E-state index in [2.05, 4.69) is 16.0 Å². The first-order valence-corrected chi connectivity index (χ1v) is 9.04. The molecule has 28 heavy (non-hydrogen) atoms. The van der Waals surface area contributed by atoms with Crippen LogP contribution in [-0.4, -0.2) is 27.3 Å². The first-order chi connectivity index (χ1) is 13.7. The summed E-state index contributed by atoms with van der Waals surface area (Å²) in [6, 6.07) is 14.1. The Morgan fingerprint density at radius 2 is 1.89 bits per heavy atom. The molecule has 2 heterocycles. The maximum absolute atomic E-state index is 14.3. The predicted molar refractivity (Wildman–Crippen MR) is 102 cm³/mol. The van der Waals surface area contributed by atoms with Gasteiger partial charge in [0.1, 0.15) is 17.6 Å². The molecule has 0 bridgehead atoms. The molecule has 0 unspecified atom stereocenters. The molecule has 1 aliphatic rings. The van der Waals surface area contributed by atoms with Crippen LogP contribution in [0.25, 0.3) is 11.3 Å². The molecule has 1 amide bonds. The zero-order valence-electron chi connectivity index (χ0n) is 15.1. The van der Waals surface area contributed by atoms with E-state index in [9.17, 15) is 14.4 Å². The number of halogens is 1. The molecule has 3 aromatic rings. The van der Waals surface area contributed by atoms with Gasteiger partial charge in [-0.3, -0.25) is 9.78 Å². The monoisotopic (exact) mass is 372 g/mol. The van der Waals surface area contributed by atoms with Crippen molar-refractivity contribution < 1.29 is 9.18 Å². The molecule has 4 rings (SSSR count). The normalized spacial score (nSPS) is 13.4. The molecular formula is C22H17FN4O. The summed E-state index contributed by atoms with van der Waals surface area (Å²) >= 11 is 0. The van der Waals surface area contributed by atoms with Crippen molar-refractivity contribution in [3.05, 3.63) is 83.1 Å². The quantitative estimate of drug-likeness (QED) is 0.687. The van der Waals surface area contributed by atoms with Crippen molar-refractivity contribution in [3.8, 4) is 17.3 Å². The third-order valence-electron chi connectivity index (χ3n) is 4.86. The van der Waals surface area contributed by atoms with Gasteiger partial charge in [0.15, 0.2) is 5.69 Å². The molecule has 0 fully saturated rings. The minimum Gasteiger partial charge on any atom is -0.334 e. The summed E-state index contributed by atoms with van der Waals surface area (Å²) in [7, 11) is 0. The van der Waals surface area contributed by atoms with Gasteiger partial charge in [0.05, 0.1) is 0 Å². The number of aryl methyl sites for hydroxylation is 1. The number of hydrogen-bond donors (Lipinski definition) is 0. The summed E-state index contributed by atoms with van der Waals surface area (Å²) < 4.78 is 14.3. The molecule has 0 spiro atoms. The van der Waals surface area contributed by atoms with Gasteiger partial charge >= 0.3 is 0 Å². The van der Waals surface area contributed by atoms with E-state index in [0.717, 1.165) is 18.4 Å². The number of rotatable bonds is 2. The van der Waals surface area contributed by atoms with Gasteiger partial charge in [-0.2, -0.15) is 5.26 Å². The lowest BCUT2D eigenvalue weighted by molar-refractivity contribution is 0.0745. The van der Waals surface area contributed by atoms with Gasteiger partial charge in [-0.1, -0.05) is 24.3 Å². The third kappa shape index (κ3) is 3.47. The lowest BCUT2D eigenvalue weighted by Gasteiger charge is -2.21. The number of aromatic nitrogens is 2. The van der Waals surface area contributed by atoms with Crippen molar-refractivity contribution in [1.29, 1.82) is 5.26 Å². The average molecular weight is 372 g/mol. The Bertz CT molecular complexity index is 1090. The number of amides is 1. The van der Waals surface area contributed by atoms with Crippen LogP contribution in [0.3, 0.4) is 0 Å². The highest BCUT2D eigenvalue weighted by Gasteiger charge is 2.22. The van der Waals surface area contributed by atoms with Crippen LogP contribution in [0.15, 0.2) is 54.9 Å². The zero-order valence-corrected chi connectivity index (χ0v) is 15.1. The van der Waals surface area contributed by atoms with Gasteiger partial charge < -0.3 is 4.90 Å². The lowest BCUT2D eigenvalue weighted by atomic mass is 10.0. The number of benzene rings is 2. The Balaban J connectivity index is 1.69. The molecule has 5 nitrogen and oxygen atoms in total. The van der Waals surface area contributed by atoms with Crippen LogP contribution in [0.1, 0.15) is 33.6 Å². The molecule has 2 aromatic carbocycles. The predicted octanol–water partition coefficient (Wildman–Crippen LogP) is 3.74. The molecule has 0 radical (unpaired) electrons. The van der Waals surface area contributed by atoms with Crippen molar-refractivity contribution in [1.82, 2.24) is 14.9 Å². The number of carbonyl (C=O) groups excluding carboxylic acids is 1. The molecule has 0 N–H and O–H groups in total. The number of carbonyl (C=O) groups is 1. The molecule has 1 aliphatic heterocycles. The van der Waals surface area contributed by atoms with E-state index in [4.69, 9.17) is 0 Å².